The van der Waals surface area contributed by atoms with Crippen molar-refractivity contribution in [1.82, 2.24) is 14.5 Å². The molecule has 5 nitrogen and oxygen atoms in total. The second-order valence-corrected chi connectivity index (χ2v) is 5.26. The van der Waals surface area contributed by atoms with Crippen LogP contribution in [0.2, 0.25) is 0 Å². The van der Waals surface area contributed by atoms with E-state index >= 15 is 0 Å². The summed E-state index contributed by atoms with van der Waals surface area (Å²) in [5, 5.41) is 0. The SMILES string of the molecule is CCCc1nc(C)cc(=O)n1-c1ccc(OC(C)C)nc1. The van der Waals surface area contributed by atoms with Crippen molar-refractivity contribution in [3.8, 4) is 11.6 Å². The van der Waals surface area contributed by atoms with Gasteiger partial charge in [0.25, 0.3) is 5.56 Å². The van der Waals surface area contributed by atoms with Gasteiger partial charge in [0, 0.05) is 24.2 Å². The van der Waals surface area contributed by atoms with Gasteiger partial charge in [-0.05, 0) is 33.3 Å². The summed E-state index contributed by atoms with van der Waals surface area (Å²) >= 11 is 0. The van der Waals surface area contributed by atoms with Crippen molar-refractivity contribution in [3.63, 3.8) is 0 Å². The summed E-state index contributed by atoms with van der Waals surface area (Å²) in [4.78, 5) is 21.0. The maximum absolute atomic E-state index is 12.3. The molecular weight excluding hydrogens is 266 g/mol. The first-order chi connectivity index (χ1) is 10.0. The molecule has 0 saturated heterocycles. The fraction of sp³-hybridized carbons (Fsp3) is 0.438. The normalized spacial score (nSPS) is 10.9. The third-order valence-corrected chi connectivity index (χ3v) is 2.93. The molecule has 2 aromatic heterocycles. The Balaban J connectivity index is 2.43. The van der Waals surface area contributed by atoms with Crippen molar-refractivity contribution in [3.05, 3.63) is 46.3 Å². The number of aryl methyl sites for hydroxylation is 2. The third kappa shape index (κ3) is 3.68. The van der Waals surface area contributed by atoms with Gasteiger partial charge in [-0.2, -0.15) is 0 Å². The van der Waals surface area contributed by atoms with Crippen LogP contribution in [0.15, 0.2) is 29.2 Å². The molecule has 0 aromatic carbocycles. The molecular formula is C16H21N3O2. The molecule has 0 fully saturated rings. The summed E-state index contributed by atoms with van der Waals surface area (Å²) < 4.78 is 7.13. The van der Waals surface area contributed by atoms with Gasteiger partial charge >= 0.3 is 0 Å². The van der Waals surface area contributed by atoms with Gasteiger partial charge in [0.1, 0.15) is 5.82 Å². The van der Waals surface area contributed by atoms with Crippen LogP contribution in [0.3, 0.4) is 0 Å². The second kappa shape index (κ2) is 6.52. The fourth-order valence-electron chi connectivity index (χ4n) is 2.14. The lowest BCUT2D eigenvalue weighted by atomic mass is 10.2. The zero-order valence-electron chi connectivity index (χ0n) is 13.0. The Labute approximate surface area is 124 Å². The molecule has 5 heteroatoms. The Morgan fingerprint density at radius 1 is 1.33 bits per heavy atom. The predicted octanol–water partition coefficient (Wildman–Crippen LogP) is 2.68. The number of hydrogen-bond acceptors (Lipinski definition) is 4. The number of aromatic nitrogens is 3. The van der Waals surface area contributed by atoms with Crippen LogP contribution in [0.4, 0.5) is 0 Å². The van der Waals surface area contributed by atoms with E-state index in [1.54, 1.807) is 16.8 Å². The van der Waals surface area contributed by atoms with E-state index in [4.69, 9.17) is 4.74 Å². The Morgan fingerprint density at radius 2 is 2.10 bits per heavy atom. The lowest BCUT2D eigenvalue weighted by molar-refractivity contribution is 0.232. The zero-order valence-corrected chi connectivity index (χ0v) is 13.0. The van der Waals surface area contributed by atoms with Crippen molar-refractivity contribution in [2.45, 2.75) is 46.6 Å². The summed E-state index contributed by atoms with van der Waals surface area (Å²) in [6.45, 7) is 7.80. The molecule has 0 aliphatic heterocycles. The molecule has 0 unspecified atom stereocenters. The van der Waals surface area contributed by atoms with E-state index < -0.39 is 0 Å². The standard InChI is InChI=1S/C16H21N3O2/c1-5-6-14-18-12(4)9-16(20)19(14)13-7-8-15(17-10-13)21-11(2)3/h7-11H,5-6H2,1-4H3. The number of ether oxygens (including phenoxy) is 1. The molecule has 2 aromatic rings. The van der Waals surface area contributed by atoms with Crippen molar-refractivity contribution in [1.29, 1.82) is 0 Å². The van der Waals surface area contributed by atoms with E-state index in [2.05, 4.69) is 16.9 Å². The molecule has 0 N–H and O–H groups in total. The van der Waals surface area contributed by atoms with Gasteiger partial charge < -0.3 is 4.74 Å². The highest BCUT2D eigenvalue weighted by Crippen LogP contribution is 2.13. The van der Waals surface area contributed by atoms with Crippen LogP contribution in [0.5, 0.6) is 5.88 Å². The van der Waals surface area contributed by atoms with Gasteiger partial charge in [-0.3, -0.25) is 9.36 Å². The zero-order chi connectivity index (χ0) is 15.4. The molecule has 0 saturated carbocycles. The monoisotopic (exact) mass is 287 g/mol. The molecule has 0 aliphatic carbocycles. The van der Waals surface area contributed by atoms with Gasteiger partial charge in [0.15, 0.2) is 0 Å². The van der Waals surface area contributed by atoms with Crippen LogP contribution in [0, 0.1) is 6.92 Å². The van der Waals surface area contributed by atoms with Crippen LogP contribution in [0.25, 0.3) is 5.69 Å². The van der Waals surface area contributed by atoms with Crippen LogP contribution < -0.4 is 10.3 Å². The number of pyridine rings is 1. The van der Waals surface area contributed by atoms with E-state index in [-0.39, 0.29) is 11.7 Å². The smallest absolute Gasteiger partial charge is 0.258 e. The largest absolute Gasteiger partial charge is 0.475 e. The van der Waals surface area contributed by atoms with Gasteiger partial charge in [-0.1, -0.05) is 6.92 Å². The summed E-state index contributed by atoms with van der Waals surface area (Å²) in [5.74, 6) is 1.32. The maximum atomic E-state index is 12.3. The molecule has 0 aliphatic rings. The first-order valence-corrected chi connectivity index (χ1v) is 7.24. The van der Waals surface area contributed by atoms with E-state index in [1.807, 2.05) is 26.8 Å². The van der Waals surface area contributed by atoms with E-state index in [1.165, 1.54) is 6.07 Å². The van der Waals surface area contributed by atoms with Crippen molar-refractivity contribution >= 4 is 0 Å². The van der Waals surface area contributed by atoms with Crippen LogP contribution in [0.1, 0.15) is 38.7 Å². The predicted molar refractivity (Wildman–Crippen MR) is 82.1 cm³/mol. The lowest BCUT2D eigenvalue weighted by Crippen LogP contribution is -2.23. The number of rotatable bonds is 5. The quantitative estimate of drug-likeness (QED) is 0.848. The van der Waals surface area contributed by atoms with Crippen molar-refractivity contribution < 1.29 is 4.74 Å². The Kier molecular flexibility index (Phi) is 4.73. The number of nitrogens with zero attached hydrogens (tertiary/aromatic N) is 3. The Morgan fingerprint density at radius 3 is 2.67 bits per heavy atom. The molecule has 2 rings (SSSR count). The Hall–Kier alpha value is -2.17. The van der Waals surface area contributed by atoms with Crippen LogP contribution in [-0.2, 0) is 6.42 Å². The van der Waals surface area contributed by atoms with E-state index in [0.717, 1.165) is 24.4 Å². The molecule has 2 heterocycles. The average molecular weight is 287 g/mol. The van der Waals surface area contributed by atoms with Crippen LogP contribution in [-0.4, -0.2) is 20.6 Å². The first kappa shape index (κ1) is 15.2. The van der Waals surface area contributed by atoms with Crippen LogP contribution >= 0.6 is 0 Å². The molecule has 0 spiro atoms. The number of hydrogen-bond donors (Lipinski definition) is 0. The highest BCUT2D eigenvalue weighted by atomic mass is 16.5. The summed E-state index contributed by atoms with van der Waals surface area (Å²) in [5.41, 5.74) is 1.38. The van der Waals surface area contributed by atoms with E-state index in [0.29, 0.717) is 11.6 Å². The maximum Gasteiger partial charge on any atom is 0.258 e. The van der Waals surface area contributed by atoms with Crippen molar-refractivity contribution in [2.75, 3.05) is 0 Å². The summed E-state index contributed by atoms with van der Waals surface area (Å²) in [7, 11) is 0. The summed E-state index contributed by atoms with van der Waals surface area (Å²) in [6, 6.07) is 5.15. The summed E-state index contributed by atoms with van der Waals surface area (Å²) in [6.07, 6.45) is 3.40. The molecule has 0 radical (unpaired) electrons. The topological polar surface area (TPSA) is 57.0 Å². The third-order valence-electron chi connectivity index (χ3n) is 2.93. The van der Waals surface area contributed by atoms with E-state index in [9.17, 15) is 4.79 Å². The fourth-order valence-corrected chi connectivity index (χ4v) is 2.14. The van der Waals surface area contributed by atoms with Crippen molar-refractivity contribution in [2.24, 2.45) is 0 Å². The molecule has 0 atom stereocenters. The minimum Gasteiger partial charge on any atom is -0.475 e. The highest BCUT2D eigenvalue weighted by Gasteiger charge is 2.09. The molecule has 0 bridgehead atoms. The lowest BCUT2D eigenvalue weighted by Gasteiger charge is -2.13. The van der Waals surface area contributed by atoms with Gasteiger partial charge in [0.05, 0.1) is 18.0 Å². The second-order valence-electron chi connectivity index (χ2n) is 5.26. The van der Waals surface area contributed by atoms with Gasteiger partial charge in [-0.25, -0.2) is 9.97 Å². The minimum atomic E-state index is -0.0784. The minimum absolute atomic E-state index is 0.0720. The van der Waals surface area contributed by atoms with Gasteiger partial charge in [-0.15, -0.1) is 0 Å². The average Bonchev–Trinajstić information content (AvgIpc) is 2.39. The molecule has 112 valence electrons. The first-order valence-electron chi connectivity index (χ1n) is 7.24. The molecule has 0 amide bonds. The highest BCUT2D eigenvalue weighted by molar-refractivity contribution is 5.33. The van der Waals surface area contributed by atoms with Gasteiger partial charge in [0.2, 0.25) is 5.88 Å². The molecule has 21 heavy (non-hydrogen) atoms. The Bertz CT molecular complexity index is 660.